The van der Waals surface area contributed by atoms with Crippen molar-refractivity contribution in [2.75, 3.05) is 0 Å². The van der Waals surface area contributed by atoms with Crippen molar-refractivity contribution in [1.82, 2.24) is 15.0 Å². The predicted molar refractivity (Wildman–Crippen MR) is 70.4 cm³/mol. The molecule has 2 aromatic rings. The second-order valence-corrected chi connectivity index (χ2v) is 5.19. The van der Waals surface area contributed by atoms with E-state index in [0.29, 0.717) is 0 Å². The van der Waals surface area contributed by atoms with Gasteiger partial charge in [0, 0.05) is 5.54 Å². The summed E-state index contributed by atoms with van der Waals surface area (Å²) in [5.74, 6) is 0. The Labute approximate surface area is 107 Å². The highest BCUT2D eigenvalue weighted by Crippen LogP contribution is 2.36. The van der Waals surface area contributed by atoms with Crippen molar-refractivity contribution in [3.8, 4) is 5.69 Å². The second-order valence-electron chi connectivity index (χ2n) is 5.19. The standard InChI is InChI=1S/C14H18N4/c1-11-10-16-18(17-11)13-6-4-5-12(9-13)14(15)7-2-3-8-14/h4-6,9-10H,2-3,7-8,15H2,1H3. The average molecular weight is 242 g/mol. The molecule has 1 aromatic heterocycles. The first-order valence-corrected chi connectivity index (χ1v) is 6.46. The number of nitrogens with zero attached hydrogens (tertiary/aromatic N) is 3. The molecule has 0 bridgehead atoms. The molecule has 2 N–H and O–H groups in total. The third-order valence-corrected chi connectivity index (χ3v) is 3.75. The van der Waals surface area contributed by atoms with Crippen LogP contribution in [0.5, 0.6) is 0 Å². The number of nitrogens with two attached hydrogens (primary N) is 1. The average Bonchev–Trinajstić information content (AvgIpc) is 2.99. The van der Waals surface area contributed by atoms with Crippen LogP contribution in [0.2, 0.25) is 0 Å². The summed E-state index contributed by atoms with van der Waals surface area (Å²) < 4.78 is 0. The molecule has 4 heteroatoms. The van der Waals surface area contributed by atoms with Crippen molar-refractivity contribution in [1.29, 1.82) is 0 Å². The Morgan fingerprint density at radius 3 is 2.72 bits per heavy atom. The Morgan fingerprint density at radius 1 is 1.28 bits per heavy atom. The van der Waals surface area contributed by atoms with Crippen LogP contribution < -0.4 is 5.73 Å². The molecule has 0 aliphatic heterocycles. The maximum absolute atomic E-state index is 6.48. The Balaban J connectivity index is 1.99. The van der Waals surface area contributed by atoms with Crippen molar-refractivity contribution in [2.24, 2.45) is 5.73 Å². The lowest BCUT2D eigenvalue weighted by Gasteiger charge is -2.24. The summed E-state index contributed by atoms with van der Waals surface area (Å²) in [7, 11) is 0. The molecule has 1 aliphatic carbocycles. The van der Waals surface area contributed by atoms with Gasteiger partial charge in [0.25, 0.3) is 0 Å². The molecular formula is C14H18N4. The molecular weight excluding hydrogens is 224 g/mol. The molecule has 0 amide bonds. The van der Waals surface area contributed by atoms with Crippen LogP contribution >= 0.6 is 0 Å². The summed E-state index contributed by atoms with van der Waals surface area (Å²) in [4.78, 5) is 1.66. The highest BCUT2D eigenvalue weighted by Gasteiger charge is 2.31. The first-order valence-electron chi connectivity index (χ1n) is 6.46. The van der Waals surface area contributed by atoms with Crippen LogP contribution in [0.25, 0.3) is 5.69 Å². The van der Waals surface area contributed by atoms with E-state index < -0.39 is 0 Å². The molecule has 0 atom stereocenters. The van der Waals surface area contributed by atoms with Gasteiger partial charge in [0.05, 0.1) is 17.6 Å². The molecule has 0 unspecified atom stereocenters. The van der Waals surface area contributed by atoms with Crippen molar-refractivity contribution < 1.29 is 0 Å². The van der Waals surface area contributed by atoms with E-state index in [9.17, 15) is 0 Å². The van der Waals surface area contributed by atoms with Crippen LogP contribution in [-0.4, -0.2) is 15.0 Å². The zero-order valence-electron chi connectivity index (χ0n) is 10.6. The van der Waals surface area contributed by atoms with Gasteiger partial charge >= 0.3 is 0 Å². The van der Waals surface area contributed by atoms with Crippen LogP contribution in [0.15, 0.2) is 30.5 Å². The van der Waals surface area contributed by atoms with Crippen LogP contribution in [0, 0.1) is 6.92 Å². The van der Waals surface area contributed by atoms with E-state index in [1.165, 1.54) is 18.4 Å². The number of aryl methyl sites for hydroxylation is 1. The fourth-order valence-corrected chi connectivity index (χ4v) is 2.70. The molecule has 0 saturated heterocycles. The number of hydrogen-bond donors (Lipinski definition) is 1. The van der Waals surface area contributed by atoms with Gasteiger partial charge < -0.3 is 5.73 Å². The summed E-state index contributed by atoms with van der Waals surface area (Å²) in [6.45, 7) is 1.94. The largest absolute Gasteiger partial charge is 0.321 e. The van der Waals surface area contributed by atoms with Crippen LogP contribution in [0.3, 0.4) is 0 Å². The van der Waals surface area contributed by atoms with Gasteiger partial charge in [0.2, 0.25) is 0 Å². The van der Waals surface area contributed by atoms with Crippen molar-refractivity contribution in [3.05, 3.63) is 41.7 Å². The Hall–Kier alpha value is -1.68. The van der Waals surface area contributed by atoms with E-state index in [-0.39, 0.29) is 5.54 Å². The third kappa shape index (κ3) is 1.93. The van der Waals surface area contributed by atoms with E-state index in [1.807, 2.05) is 19.1 Å². The smallest absolute Gasteiger partial charge is 0.0860 e. The van der Waals surface area contributed by atoms with Gasteiger partial charge in [-0.2, -0.15) is 15.0 Å². The summed E-state index contributed by atoms with van der Waals surface area (Å²) in [6, 6.07) is 8.29. The zero-order valence-corrected chi connectivity index (χ0v) is 10.6. The third-order valence-electron chi connectivity index (χ3n) is 3.75. The van der Waals surface area contributed by atoms with Gasteiger partial charge in [0.1, 0.15) is 0 Å². The second kappa shape index (κ2) is 4.21. The number of benzene rings is 1. The van der Waals surface area contributed by atoms with Gasteiger partial charge in [-0.1, -0.05) is 25.0 Å². The molecule has 1 fully saturated rings. The Kier molecular flexibility index (Phi) is 2.67. The first-order chi connectivity index (χ1) is 8.67. The van der Waals surface area contributed by atoms with E-state index in [2.05, 4.69) is 22.3 Å². The summed E-state index contributed by atoms with van der Waals surface area (Å²) in [5.41, 5.74) is 9.43. The van der Waals surface area contributed by atoms with Crippen molar-refractivity contribution >= 4 is 0 Å². The lowest BCUT2D eigenvalue weighted by atomic mass is 9.89. The molecule has 1 saturated carbocycles. The van der Waals surface area contributed by atoms with Crippen molar-refractivity contribution in [2.45, 2.75) is 38.1 Å². The number of rotatable bonds is 2. The zero-order chi connectivity index (χ0) is 12.6. The van der Waals surface area contributed by atoms with Gasteiger partial charge in [0.15, 0.2) is 0 Å². The molecule has 3 rings (SSSR count). The molecule has 94 valence electrons. The number of aromatic nitrogens is 3. The number of hydrogen-bond acceptors (Lipinski definition) is 3. The van der Waals surface area contributed by atoms with Crippen LogP contribution in [0.4, 0.5) is 0 Å². The minimum atomic E-state index is -0.155. The quantitative estimate of drug-likeness (QED) is 0.879. The van der Waals surface area contributed by atoms with Crippen molar-refractivity contribution in [3.63, 3.8) is 0 Å². The van der Waals surface area contributed by atoms with Gasteiger partial charge in [-0.3, -0.25) is 0 Å². The molecule has 4 nitrogen and oxygen atoms in total. The van der Waals surface area contributed by atoms with E-state index in [1.54, 1.807) is 11.0 Å². The van der Waals surface area contributed by atoms with E-state index in [0.717, 1.165) is 24.2 Å². The highest BCUT2D eigenvalue weighted by atomic mass is 15.5. The minimum Gasteiger partial charge on any atom is -0.321 e. The topological polar surface area (TPSA) is 56.7 Å². The summed E-state index contributed by atoms with van der Waals surface area (Å²) in [5, 5.41) is 8.58. The van der Waals surface area contributed by atoms with Gasteiger partial charge in [-0.15, -0.1) is 0 Å². The Morgan fingerprint density at radius 2 is 2.06 bits per heavy atom. The first kappa shape index (κ1) is 11.4. The lowest BCUT2D eigenvalue weighted by Crippen LogP contribution is -2.33. The maximum atomic E-state index is 6.48. The van der Waals surface area contributed by atoms with Gasteiger partial charge in [-0.05, 0) is 37.5 Å². The lowest BCUT2D eigenvalue weighted by molar-refractivity contribution is 0.461. The summed E-state index contributed by atoms with van der Waals surface area (Å²) >= 11 is 0. The SMILES string of the molecule is Cc1cnn(-c2cccc(C3(N)CCCC3)c2)n1. The maximum Gasteiger partial charge on any atom is 0.0860 e. The van der Waals surface area contributed by atoms with E-state index >= 15 is 0 Å². The molecule has 0 radical (unpaired) electrons. The predicted octanol–water partition coefficient (Wildman–Crippen LogP) is 2.30. The normalized spacial score (nSPS) is 18.1. The fraction of sp³-hybridized carbons (Fsp3) is 0.429. The molecule has 1 heterocycles. The Bertz CT molecular complexity index is 552. The molecule has 1 aliphatic rings. The minimum absolute atomic E-state index is 0.155. The molecule has 1 aromatic carbocycles. The molecule has 18 heavy (non-hydrogen) atoms. The molecule has 0 spiro atoms. The van der Waals surface area contributed by atoms with Gasteiger partial charge in [-0.25, -0.2) is 0 Å². The summed E-state index contributed by atoms with van der Waals surface area (Å²) in [6.07, 6.45) is 6.35. The van der Waals surface area contributed by atoms with Crippen LogP contribution in [-0.2, 0) is 5.54 Å². The van der Waals surface area contributed by atoms with Crippen LogP contribution in [0.1, 0.15) is 36.9 Å². The monoisotopic (exact) mass is 242 g/mol. The fourth-order valence-electron chi connectivity index (χ4n) is 2.70. The highest BCUT2D eigenvalue weighted by molar-refractivity contribution is 5.38. The van der Waals surface area contributed by atoms with E-state index in [4.69, 9.17) is 5.73 Å².